The lowest BCUT2D eigenvalue weighted by molar-refractivity contribution is -0.147. The molecule has 1 aromatic heterocycles. The van der Waals surface area contributed by atoms with Gasteiger partial charge in [0.2, 0.25) is 10.0 Å². The molecule has 1 amide bonds. The lowest BCUT2D eigenvalue weighted by Gasteiger charge is -2.26. The summed E-state index contributed by atoms with van der Waals surface area (Å²) in [4.78, 5) is 28.8. The van der Waals surface area contributed by atoms with Crippen molar-refractivity contribution in [2.45, 2.75) is 17.7 Å². The lowest BCUT2D eigenvalue weighted by atomic mass is 10.1. The van der Waals surface area contributed by atoms with Gasteiger partial charge in [0, 0.05) is 30.5 Å². The number of esters is 1. The Morgan fingerprint density at radius 3 is 2.49 bits per heavy atom. The summed E-state index contributed by atoms with van der Waals surface area (Å²) in [6, 6.07) is 16.0. The number of sulfonamides is 1. The normalized spacial score (nSPS) is 14.4. The number of carbonyl (C=O) groups is 2. The zero-order valence-corrected chi connectivity index (χ0v) is 20.5. The van der Waals surface area contributed by atoms with Crippen LogP contribution in [0.3, 0.4) is 0 Å². The molecule has 3 aromatic rings. The van der Waals surface area contributed by atoms with Crippen LogP contribution in [0, 0.1) is 0 Å². The van der Waals surface area contributed by atoms with Crippen molar-refractivity contribution in [1.82, 2.24) is 9.29 Å². The zero-order valence-electron chi connectivity index (χ0n) is 18.9. The summed E-state index contributed by atoms with van der Waals surface area (Å²) in [7, 11) is -3.56. The van der Waals surface area contributed by atoms with E-state index in [-0.39, 0.29) is 11.3 Å². The van der Waals surface area contributed by atoms with Crippen molar-refractivity contribution in [3.8, 4) is 11.3 Å². The Balaban J connectivity index is 1.21. The van der Waals surface area contributed by atoms with E-state index in [1.165, 1.54) is 27.8 Å². The van der Waals surface area contributed by atoms with Crippen molar-refractivity contribution in [3.05, 3.63) is 65.5 Å². The maximum Gasteiger partial charge on any atom is 0.306 e. The number of rotatable bonds is 9. The van der Waals surface area contributed by atoms with Gasteiger partial charge in [-0.05, 0) is 24.1 Å². The molecule has 4 rings (SSSR count). The van der Waals surface area contributed by atoms with E-state index < -0.39 is 28.5 Å². The molecule has 2 aromatic carbocycles. The highest BCUT2D eigenvalue weighted by Crippen LogP contribution is 2.24. The molecule has 35 heavy (non-hydrogen) atoms. The Hall–Kier alpha value is -3.12. The van der Waals surface area contributed by atoms with E-state index >= 15 is 0 Å². The molecule has 0 unspecified atom stereocenters. The predicted molar refractivity (Wildman–Crippen MR) is 131 cm³/mol. The maximum absolute atomic E-state index is 12.7. The van der Waals surface area contributed by atoms with E-state index in [0.717, 1.165) is 16.8 Å². The van der Waals surface area contributed by atoms with E-state index in [1.807, 2.05) is 35.7 Å². The third-order valence-electron chi connectivity index (χ3n) is 5.33. The number of thiazole rings is 1. The van der Waals surface area contributed by atoms with Crippen LogP contribution in [0.4, 0.5) is 5.13 Å². The molecule has 0 radical (unpaired) electrons. The van der Waals surface area contributed by atoms with Gasteiger partial charge in [-0.15, -0.1) is 11.3 Å². The first kappa shape index (κ1) is 25.0. The molecule has 11 heteroatoms. The molecule has 0 saturated carbocycles. The summed E-state index contributed by atoms with van der Waals surface area (Å²) in [5, 5.41) is 4.90. The molecule has 1 aliphatic heterocycles. The van der Waals surface area contributed by atoms with Gasteiger partial charge in [-0.3, -0.25) is 14.9 Å². The van der Waals surface area contributed by atoms with Gasteiger partial charge in [-0.2, -0.15) is 4.31 Å². The minimum Gasteiger partial charge on any atom is -0.456 e. The van der Waals surface area contributed by atoms with Crippen molar-refractivity contribution >= 4 is 38.4 Å². The van der Waals surface area contributed by atoms with E-state index in [2.05, 4.69) is 10.3 Å². The molecule has 9 nitrogen and oxygen atoms in total. The molecular formula is C24H25N3O6S2. The summed E-state index contributed by atoms with van der Waals surface area (Å²) in [6.07, 6.45) is 0.434. The quantitative estimate of drug-likeness (QED) is 0.436. The molecule has 2 heterocycles. The second kappa shape index (κ2) is 11.5. The Labute approximate surface area is 207 Å². The number of morpholine rings is 1. The van der Waals surface area contributed by atoms with Gasteiger partial charge in [0.1, 0.15) is 0 Å². The van der Waals surface area contributed by atoms with Gasteiger partial charge in [-0.25, -0.2) is 13.4 Å². The molecular weight excluding hydrogens is 490 g/mol. The van der Waals surface area contributed by atoms with Crippen molar-refractivity contribution in [2.24, 2.45) is 0 Å². The highest BCUT2D eigenvalue weighted by Gasteiger charge is 2.26. The standard InChI is InChI=1S/C24H25N3O6S2/c28-22(26-24-25-21(17-34-24)19-4-2-1-3-5-19)16-33-23(29)11-8-18-6-9-20(10-7-18)35(30,31)27-12-14-32-15-13-27/h1-7,9-10,17H,8,11-16H2,(H,25,26,28). The SMILES string of the molecule is O=C(COC(=O)CCc1ccc(S(=O)(=O)N2CCOCC2)cc1)Nc1nc(-c2ccccc2)cs1. The second-order valence-electron chi connectivity index (χ2n) is 7.77. The number of hydrogen-bond acceptors (Lipinski definition) is 8. The fraction of sp³-hybridized carbons (Fsp3) is 0.292. The highest BCUT2D eigenvalue weighted by molar-refractivity contribution is 7.89. The Morgan fingerprint density at radius 2 is 1.77 bits per heavy atom. The number of benzene rings is 2. The smallest absolute Gasteiger partial charge is 0.306 e. The summed E-state index contributed by atoms with van der Waals surface area (Å²) in [6.45, 7) is 1.03. The summed E-state index contributed by atoms with van der Waals surface area (Å²) in [5.74, 6) is -0.987. The fourth-order valence-electron chi connectivity index (χ4n) is 3.46. The van der Waals surface area contributed by atoms with Crippen molar-refractivity contribution in [3.63, 3.8) is 0 Å². The first-order chi connectivity index (χ1) is 16.9. The Morgan fingerprint density at radius 1 is 1.06 bits per heavy atom. The summed E-state index contributed by atoms with van der Waals surface area (Å²) < 4.78 is 37.0. The number of carbonyl (C=O) groups excluding carboxylic acids is 2. The topological polar surface area (TPSA) is 115 Å². The van der Waals surface area contributed by atoms with Crippen LogP contribution in [-0.4, -0.2) is 62.5 Å². The minimum absolute atomic E-state index is 0.0677. The maximum atomic E-state index is 12.7. The van der Waals surface area contributed by atoms with Crippen LogP contribution in [-0.2, 0) is 35.5 Å². The van der Waals surface area contributed by atoms with E-state index in [0.29, 0.717) is 37.9 Å². The van der Waals surface area contributed by atoms with E-state index in [4.69, 9.17) is 9.47 Å². The number of ether oxygens (including phenoxy) is 2. The summed E-state index contributed by atoms with van der Waals surface area (Å²) in [5.41, 5.74) is 2.50. The molecule has 1 fully saturated rings. The van der Waals surface area contributed by atoms with Crippen molar-refractivity contribution in [1.29, 1.82) is 0 Å². The largest absolute Gasteiger partial charge is 0.456 e. The summed E-state index contributed by atoms with van der Waals surface area (Å²) >= 11 is 1.29. The van der Waals surface area contributed by atoms with Gasteiger partial charge in [0.05, 0.1) is 23.8 Å². The average molecular weight is 516 g/mol. The number of hydrogen-bond donors (Lipinski definition) is 1. The molecule has 1 N–H and O–H groups in total. The molecule has 1 aliphatic rings. The van der Waals surface area contributed by atoms with Crippen molar-refractivity contribution < 1.29 is 27.5 Å². The second-order valence-corrected chi connectivity index (χ2v) is 10.6. The molecule has 0 atom stereocenters. The van der Waals surface area contributed by atoms with Gasteiger partial charge >= 0.3 is 5.97 Å². The number of amides is 1. The minimum atomic E-state index is -3.56. The van der Waals surface area contributed by atoms with Crippen LogP contribution >= 0.6 is 11.3 Å². The Bertz CT molecular complexity index is 1250. The first-order valence-corrected chi connectivity index (χ1v) is 13.4. The monoisotopic (exact) mass is 515 g/mol. The van der Waals surface area contributed by atoms with Crippen molar-refractivity contribution in [2.75, 3.05) is 38.2 Å². The molecule has 1 saturated heterocycles. The van der Waals surface area contributed by atoms with Gasteiger partial charge in [0.25, 0.3) is 5.91 Å². The fourth-order valence-corrected chi connectivity index (χ4v) is 5.60. The highest BCUT2D eigenvalue weighted by atomic mass is 32.2. The van der Waals surface area contributed by atoms with E-state index in [9.17, 15) is 18.0 Å². The average Bonchev–Trinajstić information content (AvgIpc) is 3.36. The van der Waals surface area contributed by atoms with Crippen LogP contribution < -0.4 is 5.32 Å². The van der Waals surface area contributed by atoms with Gasteiger partial charge in [-0.1, -0.05) is 42.5 Å². The number of nitrogens with one attached hydrogen (secondary N) is 1. The third kappa shape index (κ3) is 6.73. The molecule has 0 bridgehead atoms. The molecule has 0 aliphatic carbocycles. The van der Waals surface area contributed by atoms with Crippen LogP contribution in [0.25, 0.3) is 11.3 Å². The number of aryl methyl sites for hydroxylation is 1. The zero-order chi connectivity index (χ0) is 24.7. The number of anilines is 1. The van der Waals surface area contributed by atoms with Crippen LogP contribution in [0.1, 0.15) is 12.0 Å². The van der Waals surface area contributed by atoms with Crippen LogP contribution in [0.2, 0.25) is 0 Å². The van der Waals surface area contributed by atoms with E-state index in [1.54, 1.807) is 12.1 Å². The third-order valence-corrected chi connectivity index (χ3v) is 8.00. The van der Waals surface area contributed by atoms with Crippen LogP contribution in [0.5, 0.6) is 0 Å². The number of aromatic nitrogens is 1. The predicted octanol–water partition coefficient (Wildman–Crippen LogP) is 2.95. The van der Waals surface area contributed by atoms with Gasteiger partial charge < -0.3 is 9.47 Å². The first-order valence-electron chi connectivity index (χ1n) is 11.0. The molecule has 184 valence electrons. The van der Waals surface area contributed by atoms with Gasteiger partial charge in [0.15, 0.2) is 11.7 Å². The van der Waals surface area contributed by atoms with Crippen LogP contribution in [0.15, 0.2) is 64.9 Å². The lowest BCUT2D eigenvalue weighted by Crippen LogP contribution is -2.40. The number of nitrogens with zero attached hydrogens (tertiary/aromatic N) is 2. The Kier molecular flexibility index (Phi) is 8.24. The molecule has 0 spiro atoms.